The fraction of sp³-hybridized carbons (Fsp3) is 0.0714. The number of rotatable bonds is 4. The molecule has 0 aliphatic carbocycles. The Balaban J connectivity index is 2.44. The fourth-order valence-electron chi connectivity index (χ4n) is 1.88. The molecule has 0 heterocycles. The van der Waals surface area contributed by atoms with Gasteiger partial charge in [-0.05, 0) is 36.4 Å². The number of benzene rings is 2. The molecule has 5 nitrogen and oxygen atoms in total. The van der Waals surface area contributed by atoms with Gasteiger partial charge in [-0.3, -0.25) is 9.52 Å². The first kappa shape index (κ1) is 19.4. The summed E-state index contributed by atoms with van der Waals surface area (Å²) in [5.41, 5.74) is 3.58. The van der Waals surface area contributed by atoms with E-state index in [0.29, 0.717) is 6.07 Å². The number of hydrogen-bond acceptors (Lipinski definition) is 3. The van der Waals surface area contributed by atoms with Gasteiger partial charge >= 0.3 is 6.18 Å². The van der Waals surface area contributed by atoms with Crippen molar-refractivity contribution in [3.05, 3.63) is 57.6 Å². The molecular formula is C14H9Cl2F3N2O3S. The van der Waals surface area contributed by atoms with E-state index in [4.69, 9.17) is 28.9 Å². The van der Waals surface area contributed by atoms with E-state index >= 15 is 0 Å². The van der Waals surface area contributed by atoms with E-state index < -0.39 is 37.6 Å². The molecule has 2 aromatic carbocycles. The summed E-state index contributed by atoms with van der Waals surface area (Å²) in [5.74, 6) is -0.892. The van der Waals surface area contributed by atoms with Crippen molar-refractivity contribution in [3.63, 3.8) is 0 Å². The van der Waals surface area contributed by atoms with Gasteiger partial charge in [-0.2, -0.15) is 13.2 Å². The first-order valence-electron chi connectivity index (χ1n) is 6.41. The van der Waals surface area contributed by atoms with E-state index in [1.54, 1.807) is 0 Å². The second kappa shape index (κ2) is 6.74. The maximum atomic E-state index is 12.9. The van der Waals surface area contributed by atoms with Gasteiger partial charge in [0, 0.05) is 5.69 Å². The van der Waals surface area contributed by atoms with Crippen LogP contribution >= 0.6 is 23.2 Å². The van der Waals surface area contributed by atoms with Crippen LogP contribution in [0.2, 0.25) is 10.0 Å². The minimum Gasteiger partial charge on any atom is -0.366 e. The van der Waals surface area contributed by atoms with Crippen molar-refractivity contribution in [2.24, 2.45) is 5.73 Å². The van der Waals surface area contributed by atoms with Gasteiger partial charge in [0.05, 0.1) is 26.1 Å². The van der Waals surface area contributed by atoms with Crippen molar-refractivity contribution in [1.29, 1.82) is 0 Å². The Hall–Kier alpha value is -1.97. The minimum absolute atomic E-state index is 0.00120. The number of primary amides is 1. The number of carbonyl (C=O) groups excluding carboxylic acids is 1. The molecular weight excluding hydrogens is 404 g/mol. The Bertz CT molecular complexity index is 947. The Kier molecular flexibility index (Phi) is 5.22. The molecule has 0 saturated heterocycles. The number of anilines is 1. The van der Waals surface area contributed by atoms with E-state index in [0.717, 1.165) is 18.2 Å². The number of amides is 1. The number of hydrogen-bond donors (Lipinski definition) is 2. The highest BCUT2D eigenvalue weighted by Crippen LogP contribution is 2.36. The van der Waals surface area contributed by atoms with Crippen LogP contribution in [0.5, 0.6) is 0 Å². The Labute approximate surface area is 150 Å². The van der Waals surface area contributed by atoms with Crippen LogP contribution < -0.4 is 10.5 Å². The molecule has 2 rings (SSSR count). The molecule has 0 aliphatic rings. The van der Waals surface area contributed by atoms with E-state index in [-0.39, 0.29) is 16.3 Å². The second-order valence-electron chi connectivity index (χ2n) is 4.80. The summed E-state index contributed by atoms with van der Waals surface area (Å²) in [6.07, 6.45) is -4.82. The number of nitrogens with one attached hydrogen (secondary N) is 1. The van der Waals surface area contributed by atoms with Gasteiger partial charge in [0.2, 0.25) is 5.91 Å². The topological polar surface area (TPSA) is 89.3 Å². The van der Waals surface area contributed by atoms with Gasteiger partial charge in [-0.1, -0.05) is 23.2 Å². The standard InChI is InChI=1S/C14H9Cl2F3N2O3S/c15-11-3-1-7(5-9(11)13(20)22)21-25(23,24)8-2-4-12(16)10(6-8)14(17,18)19/h1-6,21H,(H2,20,22). The highest BCUT2D eigenvalue weighted by molar-refractivity contribution is 7.92. The third-order valence-corrected chi connectivity index (χ3v) is 5.08. The van der Waals surface area contributed by atoms with Crippen LogP contribution in [0.3, 0.4) is 0 Å². The van der Waals surface area contributed by atoms with Crippen molar-refractivity contribution in [2.45, 2.75) is 11.1 Å². The summed E-state index contributed by atoms with van der Waals surface area (Å²) in [5, 5.41) is -0.629. The van der Waals surface area contributed by atoms with Crippen LogP contribution in [0.4, 0.5) is 18.9 Å². The fourth-order valence-corrected chi connectivity index (χ4v) is 3.39. The predicted molar refractivity (Wildman–Crippen MR) is 87.2 cm³/mol. The molecule has 0 saturated carbocycles. The molecule has 0 aromatic heterocycles. The van der Waals surface area contributed by atoms with Gasteiger partial charge in [0.1, 0.15) is 0 Å². The molecule has 0 unspecified atom stereocenters. The smallest absolute Gasteiger partial charge is 0.366 e. The van der Waals surface area contributed by atoms with Crippen LogP contribution in [0.15, 0.2) is 41.3 Å². The molecule has 11 heteroatoms. The van der Waals surface area contributed by atoms with E-state index in [1.807, 2.05) is 0 Å². The lowest BCUT2D eigenvalue weighted by Gasteiger charge is -2.13. The molecule has 3 N–H and O–H groups in total. The van der Waals surface area contributed by atoms with Crippen molar-refractivity contribution in [2.75, 3.05) is 4.72 Å². The summed E-state index contributed by atoms with van der Waals surface area (Å²) in [7, 11) is -4.37. The van der Waals surface area contributed by atoms with Gasteiger partial charge in [-0.15, -0.1) is 0 Å². The van der Waals surface area contributed by atoms with Gasteiger partial charge in [0.15, 0.2) is 0 Å². The number of halogens is 5. The monoisotopic (exact) mass is 412 g/mol. The van der Waals surface area contributed by atoms with Crippen LogP contribution in [0.1, 0.15) is 15.9 Å². The summed E-state index contributed by atoms with van der Waals surface area (Å²) >= 11 is 11.2. The molecule has 134 valence electrons. The third kappa shape index (κ3) is 4.36. The molecule has 0 radical (unpaired) electrons. The number of nitrogens with two attached hydrogens (primary N) is 1. The normalized spacial score (nSPS) is 12.0. The number of alkyl halides is 3. The van der Waals surface area contributed by atoms with Gasteiger partial charge in [0.25, 0.3) is 10.0 Å². The molecule has 0 atom stereocenters. The average molecular weight is 413 g/mol. The number of carbonyl (C=O) groups is 1. The zero-order chi connectivity index (χ0) is 19.0. The van der Waals surface area contributed by atoms with E-state index in [2.05, 4.69) is 4.72 Å². The lowest BCUT2D eigenvalue weighted by molar-refractivity contribution is -0.137. The van der Waals surface area contributed by atoms with Crippen LogP contribution in [-0.2, 0) is 16.2 Å². The molecule has 0 aliphatic heterocycles. The first-order chi connectivity index (χ1) is 11.4. The molecule has 0 spiro atoms. The molecule has 2 aromatic rings. The van der Waals surface area contributed by atoms with Gasteiger partial charge < -0.3 is 5.73 Å². The Morgan fingerprint density at radius 2 is 1.64 bits per heavy atom. The summed E-state index contributed by atoms with van der Waals surface area (Å²) in [4.78, 5) is 10.6. The van der Waals surface area contributed by atoms with Crippen molar-refractivity contribution >= 4 is 44.8 Å². The van der Waals surface area contributed by atoms with Crippen LogP contribution in [0, 0.1) is 0 Å². The van der Waals surface area contributed by atoms with Gasteiger partial charge in [-0.25, -0.2) is 8.42 Å². The summed E-state index contributed by atoms with van der Waals surface area (Å²) in [6, 6.07) is 5.69. The quantitative estimate of drug-likeness (QED) is 0.797. The molecule has 0 bridgehead atoms. The van der Waals surface area contributed by atoms with Crippen molar-refractivity contribution < 1.29 is 26.4 Å². The highest BCUT2D eigenvalue weighted by Gasteiger charge is 2.34. The van der Waals surface area contributed by atoms with Crippen LogP contribution in [-0.4, -0.2) is 14.3 Å². The van der Waals surface area contributed by atoms with Crippen LogP contribution in [0.25, 0.3) is 0 Å². The average Bonchev–Trinajstić information content (AvgIpc) is 2.47. The minimum atomic E-state index is -4.82. The van der Waals surface area contributed by atoms with Crippen molar-refractivity contribution in [3.8, 4) is 0 Å². The maximum Gasteiger partial charge on any atom is 0.417 e. The third-order valence-electron chi connectivity index (χ3n) is 3.04. The molecule has 0 fully saturated rings. The maximum absolute atomic E-state index is 12.9. The predicted octanol–water partition coefficient (Wildman–Crippen LogP) is 3.91. The Morgan fingerprint density at radius 1 is 1.04 bits per heavy atom. The zero-order valence-electron chi connectivity index (χ0n) is 12.1. The lowest BCUT2D eigenvalue weighted by Crippen LogP contribution is -2.16. The highest BCUT2D eigenvalue weighted by atomic mass is 35.5. The number of sulfonamides is 1. The largest absolute Gasteiger partial charge is 0.417 e. The SMILES string of the molecule is NC(=O)c1cc(NS(=O)(=O)c2ccc(Cl)c(C(F)(F)F)c2)ccc1Cl. The molecule has 1 amide bonds. The lowest BCUT2D eigenvalue weighted by atomic mass is 10.2. The zero-order valence-corrected chi connectivity index (χ0v) is 14.4. The van der Waals surface area contributed by atoms with E-state index in [1.165, 1.54) is 12.1 Å². The summed E-state index contributed by atoms with van der Waals surface area (Å²) in [6.45, 7) is 0. The first-order valence-corrected chi connectivity index (χ1v) is 8.64. The van der Waals surface area contributed by atoms with E-state index in [9.17, 15) is 26.4 Å². The summed E-state index contributed by atoms with van der Waals surface area (Å²) < 4.78 is 65.2. The Morgan fingerprint density at radius 3 is 2.20 bits per heavy atom. The van der Waals surface area contributed by atoms with Crippen molar-refractivity contribution in [1.82, 2.24) is 0 Å². The second-order valence-corrected chi connectivity index (χ2v) is 7.30. The molecule has 25 heavy (non-hydrogen) atoms.